The molecule has 0 amide bonds. The molecule has 1 rings (SSSR count). The molecular formula is C9H18N4. The van der Waals surface area contributed by atoms with Gasteiger partial charge in [0.1, 0.15) is 5.82 Å². The van der Waals surface area contributed by atoms with Crippen molar-refractivity contribution in [3.8, 4) is 0 Å². The van der Waals surface area contributed by atoms with Crippen LogP contribution in [0.5, 0.6) is 0 Å². The zero-order valence-electron chi connectivity index (χ0n) is 9.00. The first-order chi connectivity index (χ1) is 5.95. The smallest absolute Gasteiger partial charge is 0.149 e. The third-order valence-corrected chi connectivity index (χ3v) is 2.05. The number of aryl methyl sites for hydroxylation is 1. The number of nitrogen functional groups attached to an aromatic ring is 1. The molecule has 0 saturated carbocycles. The van der Waals surface area contributed by atoms with Gasteiger partial charge in [0, 0.05) is 21.1 Å². The number of aromatic nitrogens is 2. The lowest BCUT2D eigenvalue weighted by Crippen LogP contribution is -2.14. The van der Waals surface area contributed by atoms with Crippen molar-refractivity contribution in [1.29, 1.82) is 0 Å². The van der Waals surface area contributed by atoms with Gasteiger partial charge in [-0.25, -0.2) is 0 Å². The molecule has 4 nitrogen and oxygen atoms in total. The number of nitrogens with two attached hydrogens (primary N) is 1. The zero-order valence-corrected chi connectivity index (χ0v) is 9.00. The van der Waals surface area contributed by atoms with Crippen molar-refractivity contribution in [1.82, 2.24) is 9.78 Å². The van der Waals surface area contributed by atoms with Crippen LogP contribution in [0, 0.1) is 0 Å². The SMILES string of the molecule is CC(C)c1nn(C)c(N(C)C)c1N. The van der Waals surface area contributed by atoms with E-state index in [1.807, 2.05) is 30.7 Å². The molecule has 0 radical (unpaired) electrons. The lowest BCUT2D eigenvalue weighted by atomic mass is 10.1. The molecule has 4 heteroatoms. The molecule has 2 N–H and O–H groups in total. The van der Waals surface area contributed by atoms with Crippen LogP contribution in [-0.4, -0.2) is 23.9 Å². The monoisotopic (exact) mass is 182 g/mol. The van der Waals surface area contributed by atoms with Crippen molar-refractivity contribution < 1.29 is 0 Å². The molecule has 0 fully saturated rings. The van der Waals surface area contributed by atoms with Gasteiger partial charge >= 0.3 is 0 Å². The van der Waals surface area contributed by atoms with Gasteiger partial charge in [0.05, 0.1) is 11.4 Å². The van der Waals surface area contributed by atoms with E-state index in [0.717, 1.165) is 17.2 Å². The Labute approximate surface area is 79.3 Å². The highest BCUT2D eigenvalue weighted by Crippen LogP contribution is 2.28. The highest BCUT2D eigenvalue weighted by molar-refractivity contribution is 5.66. The molecule has 0 saturated heterocycles. The van der Waals surface area contributed by atoms with E-state index in [0.29, 0.717) is 5.92 Å². The third-order valence-electron chi connectivity index (χ3n) is 2.05. The number of hydrogen-bond acceptors (Lipinski definition) is 3. The standard InChI is InChI=1S/C9H18N4/c1-6(2)8-7(10)9(12(3)4)13(5)11-8/h6H,10H2,1-5H3. The summed E-state index contributed by atoms with van der Waals surface area (Å²) >= 11 is 0. The summed E-state index contributed by atoms with van der Waals surface area (Å²) in [4.78, 5) is 1.98. The van der Waals surface area contributed by atoms with Gasteiger partial charge in [0.15, 0.2) is 0 Å². The number of rotatable bonds is 2. The van der Waals surface area contributed by atoms with E-state index in [9.17, 15) is 0 Å². The second kappa shape index (κ2) is 3.28. The van der Waals surface area contributed by atoms with Crippen LogP contribution in [0.25, 0.3) is 0 Å². The van der Waals surface area contributed by atoms with E-state index >= 15 is 0 Å². The van der Waals surface area contributed by atoms with E-state index in [2.05, 4.69) is 18.9 Å². The van der Waals surface area contributed by atoms with Crippen LogP contribution in [0.4, 0.5) is 11.5 Å². The number of anilines is 2. The fourth-order valence-corrected chi connectivity index (χ4v) is 1.51. The molecule has 1 heterocycles. The minimum Gasteiger partial charge on any atom is -0.394 e. The fraction of sp³-hybridized carbons (Fsp3) is 0.667. The van der Waals surface area contributed by atoms with Crippen LogP contribution in [-0.2, 0) is 7.05 Å². The number of hydrogen-bond donors (Lipinski definition) is 1. The van der Waals surface area contributed by atoms with Crippen LogP contribution < -0.4 is 10.6 Å². The maximum absolute atomic E-state index is 5.98. The minimum absolute atomic E-state index is 0.375. The average molecular weight is 182 g/mol. The van der Waals surface area contributed by atoms with Crippen LogP contribution >= 0.6 is 0 Å². The summed E-state index contributed by atoms with van der Waals surface area (Å²) in [6.07, 6.45) is 0. The van der Waals surface area contributed by atoms with Crippen molar-refractivity contribution in [3.05, 3.63) is 5.69 Å². The molecule has 74 valence electrons. The van der Waals surface area contributed by atoms with Gasteiger partial charge in [0.25, 0.3) is 0 Å². The fourth-order valence-electron chi connectivity index (χ4n) is 1.51. The maximum Gasteiger partial charge on any atom is 0.149 e. The van der Waals surface area contributed by atoms with E-state index in [1.54, 1.807) is 0 Å². The van der Waals surface area contributed by atoms with Crippen LogP contribution in [0.1, 0.15) is 25.5 Å². The topological polar surface area (TPSA) is 47.1 Å². The highest BCUT2D eigenvalue weighted by Gasteiger charge is 2.16. The normalized spacial score (nSPS) is 10.9. The van der Waals surface area contributed by atoms with Crippen molar-refractivity contribution >= 4 is 11.5 Å². The predicted octanol–water partition coefficient (Wildman–Crippen LogP) is 1.19. The molecule has 0 bridgehead atoms. The zero-order chi connectivity index (χ0) is 10.2. The molecule has 0 aliphatic heterocycles. The summed E-state index contributed by atoms with van der Waals surface area (Å²) in [5, 5.41) is 4.38. The third kappa shape index (κ3) is 1.61. The largest absolute Gasteiger partial charge is 0.394 e. The van der Waals surface area contributed by atoms with E-state index in [1.165, 1.54) is 0 Å². The Bertz CT molecular complexity index is 299. The van der Waals surface area contributed by atoms with Gasteiger partial charge in [-0.05, 0) is 5.92 Å². The second-order valence-electron chi connectivity index (χ2n) is 3.80. The summed E-state index contributed by atoms with van der Waals surface area (Å²) in [5.74, 6) is 1.35. The van der Waals surface area contributed by atoms with Gasteiger partial charge in [-0.2, -0.15) is 5.10 Å². The second-order valence-corrected chi connectivity index (χ2v) is 3.80. The summed E-state index contributed by atoms with van der Waals surface area (Å²) in [7, 11) is 5.85. The number of nitrogens with zero attached hydrogens (tertiary/aromatic N) is 3. The highest BCUT2D eigenvalue weighted by atomic mass is 15.4. The van der Waals surface area contributed by atoms with E-state index < -0.39 is 0 Å². The maximum atomic E-state index is 5.98. The molecule has 0 aliphatic carbocycles. The Kier molecular flexibility index (Phi) is 2.50. The first-order valence-corrected chi connectivity index (χ1v) is 4.44. The van der Waals surface area contributed by atoms with Crippen molar-refractivity contribution in [2.45, 2.75) is 19.8 Å². The van der Waals surface area contributed by atoms with Crippen LogP contribution in [0.15, 0.2) is 0 Å². The molecule has 0 spiro atoms. The Hall–Kier alpha value is -1.19. The van der Waals surface area contributed by atoms with Crippen LogP contribution in [0.2, 0.25) is 0 Å². The average Bonchev–Trinajstić information content (AvgIpc) is 2.26. The first-order valence-electron chi connectivity index (χ1n) is 4.44. The lowest BCUT2D eigenvalue weighted by Gasteiger charge is -2.13. The first kappa shape index (κ1) is 9.89. The molecular weight excluding hydrogens is 164 g/mol. The predicted molar refractivity (Wildman–Crippen MR) is 56.0 cm³/mol. The minimum atomic E-state index is 0.375. The van der Waals surface area contributed by atoms with Crippen molar-refractivity contribution in [2.24, 2.45) is 7.05 Å². The summed E-state index contributed by atoms with van der Waals surface area (Å²) < 4.78 is 1.82. The van der Waals surface area contributed by atoms with Gasteiger partial charge in [-0.15, -0.1) is 0 Å². The quantitative estimate of drug-likeness (QED) is 0.747. The van der Waals surface area contributed by atoms with Crippen LogP contribution in [0.3, 0.4) is 0 Å². The Morgan fingerprint density at radius 2 is 1.92 bits per heavy atom. The summed E-state index contributed by atoms with van der Waals surface area (Å²) in [6.45, 7) is 4.19. The van der Waals surface area contributed by atoms with Gasteiger partial charge in [0.2, 0.25) is 0 Å². The van der Waals surface area contributed by atoms with Crippen molar-refractivity contribution in [2.75, 3.05) is 24.7 Å². The molecule has 0 aliphatic rings. The Morgan fingerprint density at radius 3 is 2.15 bits per heavy atom. The summed E-state index contributed by atoms with van der Waals surface area (Å²) in [6, 6.07) is 0. The van der Waals surface area contributed by atoms with E-state index in [4.69, 9.17) is 5.73 Å². The molecule has 0 atom stereocenters. The molecule has 1 aromatic heterocycles. The molecule has 0 aromatic carbocycles. The lowest BCUT2D eigenvalue weighted by molar-refractivity contribution is 0.708. The van der Waals surface area contributed by atoms with Gasteiger partial charge in [-0.3, -0.25) is 4.68 Å². The van der Waals surface area contributed by atoms with E-state index in [-0.39, 0.29) is 0 Å². The molecule has 0 unspecified atom stereocenters. The van der Waals surface area contributed by atoms with Gasteiger partial charge in [-0.1, -0.05) is 13.8 Å². The summed E-state index contributed by atoms with van der Waals surface area (Å²) in [5.41, 5.74) is 7.75. The van der Waals surface area contributed by atoms with Gasteiger partial charge < -0.3 is 10.6 Å². The Balaban J connectivity index is 3.22. The van der Waals surface area contributed by atoms with Crippen molar-refractivity contribution in [3.63, 3.8) is 0 Å². The molecule has 1 aromatic rings. The molecule has 13 heavy (non-hydrogen) atoms. The Morgan fingerprint density at radius 1 is 1.38 bits per heavy atom.